The summed E-state index contributed by atoms with van der Waals surface area (Å²) in [7, 11) is 2.09. The Labute approximate surface area is 73.4 Å². The Kier molecular flexibility index (Phi) is 3.09. The van der Waals surface area contributed by atoms with E-state index in [2.05, 4.69) is 18.9 Å². The molecule has 0 amide bonds. The largest absolute Gasteiger partial charge is 0.481 e. The summed E-state index contributed by atoms with van der Waals surface area (Å²) < 4.78 is 0. The van der Waals surface area contributed by atoms with E-state index in [4.69, 9.17) is 5.11 Å². The molecule has 1 atom stereocenters. The van der Waals surface area contributed by atoms with E-state index in [0.717, 1.165) is 12.5 Å². The number of carboxylic acids is 1. The molecule has 3 nitrogen and oxygen atoms in total. The summed E-state index contributed by atoms with van der Waals surface area (Å²) in [6.45, 7) is 2.10. The molecule has 1 aliphatic carbocycles. The molecule has 0 aromatic heterocycles. The number of hydrogen-bond donors (Lipinski definition) is 1. The Morgan fingerprint density at radius 3 is 2.67 bits per heavy atom. The second-order valence-corrected chi connectivity index (χ2v) is 3.68. The van der Waals surface area contributed by atoms with Crippen molar-refractivity contribution in [2.75, 3.05) is 7.05 Å². The highest BCUT2D eigenvalue weighted by molar-refractivity contribution is 5.66. The van der Waals surface area contributed by atoms with E-state index in [0.29, 0.717) is 6.04 Å². The summed E-state index contributed by atoms with van der Waals surface area (Å²) in [5.74, 6) is -0.689. The molecule has 1 fully saturated rings. The van der Waals surface area contributed by atoms with Crippen LogP contribution in [0.3, 0.4) is 0 Å². The van der Waals surface area contributed by atoms with Crippen LogP contribution in [0.2, 0.25) is 0 Å². The molecule has 1 aliphatic rings. The molecule has 1 saturated carbocycles. The molecule has 0 aliphatic heterocycles. The van der Waals surface area contributed by atoms with Crippen LogP contribution in [0, 0.1) is 0 Å². The van der Waals surface area contributed by atoms with Gasteiger partial charge in [0, 0.05) is 18.5 Å². The van der Waals surface area contributed by atoms with Gasteiger partial charge < -0.3 is 10.0 Å². The zero-order valence-electron chi connectivity index (χ0n) is 7.79. The monoisotopic (exact) mass is 171 g/mol. The molecule has 0 saturated heterocycles. The zero-order chi connectivity index (χ0) is 9.14. The summed E-state index contributed by atoms with van der Waals surface area (Å²) >= 11 is 0. The Morgan fingerprint density at radius 1 is 1.67 bits per heavy atom. The van der Waals surface area contributed by atoms with Gasteiger partial charge >= 0.3 is 5.97 Å². The predicted molar refractivity (Wildman–Crippen MR) is 47.1 cm³/mol. The van der Waals surface area contributed by atoms with Crippen LogP contribution in [0.25, 0.3) is 0 Å². The lowest BCUT2D eigenvalue weighted by atomic mass is 10.1. The molecule has 70 valence electrons. The van der Waals surface area contributed by atoms with Crippen LogP contribution in [-0.4, -0.2) is 35.1 Å². The topological polar surface area (TPSA) is 40.5 Å². The fourth-order valence-corrected chi connectivity index (χ4v) is 1.38. The van der Waals surface area contributed by atoms with E-state index in [1.165, 1.54) is 12.8 Å². The Balaban J connectivity index is 2.17. The van der Waals surface area contributed by atoms with Crippen molar-refractivity contribution in [1.29, 1.82) is 0 Å². The van der Waals surface area contributed by atoms with Crippen molar-refractivity contribution in [3.8, 4) is 0 Å². The average Bonchev–Trinajstić information content (AvgIpc) is 2.80. The molecule has 0 aromatic rings. The second-order valence-electron chi connectivity index (χ2n) is 3.68. The summed E-state index contributed by atoms with van der Waals surface area (Å²) in [4.78, 5) is 12.6. The first-order chi connectivity index (χ1) is 5.61. The molecule has 1 rings (SSSR count). The first kappa shape index (κ1) is 9.52. The summed E-state index contributed by atoms with van der Waals surface area (Å²) in [6, 6.07) is 1.14. The van der Waals surface area contributed by atoms with Gasteiger partial charge in [-0.25, -0.2) is 0 Å². The van der Waals surface area contributed by atoms with Crippen molar-refractivity contribution in [1.82, 2.24) is 4.90 Å². The fourth-order valence-electron chi connectivity index (χ4n) is 1.38. The molecule has 1 N–H and O–H groups in total. The highest BCUT2D eigenvalue weighted by Crippen LogP contribution is 2.27. The van der Waals surface area contributed by atoms with E-state index >= 15 is 0 Å². The normalized spacial score (nSPS) is 19.6. The second kappa shape index (κ2) is 3.90. The Bertz CT molecular complexity index is 166. The lowest BCUT2D eigenvalue weighted by Gasteiger charge is -2.23. The van der Waals surface area contributed by atoms with Crippen LogP contribution in [0.15, 0.2) is 0 Å². The first-order valence-corrected chi connectivity index (χ1v) is 4.55. The van der Waals surface area contributed by atoms with Crippen LogP contribution >= 0.6 is 0 Å². The van der Waals surface area contributed by atoms with Gasteiger partial charge in [0.05, 0.1) is 0 Å². The molecule has 0 spiro atoms. The maximum Gasteiger partial charge on any atom is 0.303 e. The van der Waals surface area contributed by atoms with Gasteiger partial charge in [0.15, 0.2) is 0 Å². The molecule has 1 unspecified atom stereocenters. The maximum atomic E-state index is 10.3. The number of rotatable bonds is 5. The van der Waals surface area contributed by atoms with Gasteiger partial charge in [-0.1, -0.05) is 0 Å². The summed E-state index contributed by atoms with van der Waals surface area (Å²) in [5.41, 5.74) is 0. The lowest BCUT2D eigenvalue weighted by molar-refractivity contribution is -0.137. The van der Waals surface area contributed by atoms with E-state index < -0.39 is 5.97 Å². The molecule has 0 heterocycles. The van der Waals surface area contributed by atoms with Crippen LogP contribution in [-0.2, 0) is 4.79 Å². The van der Waals surface area contributed by atoms with Gasteiger partial charge in [0.1, 0.15) is 0 Å². The van der Waals surface area contributed by atoms with Crippen molar-refractivity contribution in [3.63, 3.8) is 0 Å². The summed E-state index contributed by atoms with van der Waals surface area (Å²) in [6.07, 6.45) is 3.63. The van der Waals surface area contributed by atoms with Gasteiger partial charge in [-0.15, -0.1) is 0 Å². The van der Waals surface area contributed by atoms with Crippen molar-refractivity contribution in [2.45, 2.75) is 44.7 Å². The molecule has 3 heteroatoms. The third-order valence-corrected chi connectivity index (χ3v) is 2.59. The lowest BCUT2D eigenvalue weighted by Crippen LogP contribution is -2.31. The zero-order valence-corrected chi connectivity index (χ0v) is 7.79. The van der Waals surface area contributed by atoms with Crippen molar-refractivity contribution < 1.29 is 9.90 Å². The average molecular weight is 171 g/mol. The Morgan fingerprint density at radius 2 is 2.25 bits per heavy atom. The highest BCUT2D eigenvalue weighted by atomic mass is 16.4. The minimum Gasteiger partial charge on any atom is -0.481 e. The van der Waals surface area contributed by atoms with E-state index in [1.54, 1.807) is 0 Å². The molecule has 0 radical (unpaired) electrons. The number of carboxylic acid groups (broad SMARTS) is 1. The van der Waals surface area contributed by atoms with E-state index in [-0.39, 0.29) is 6.42 Å². The van der Waals surface area contributed by atoms with Crippen molar-refractivity contribution in [3.05, 3.63) is 0 Å². The Hall–Kier alpha value is -0.570. The van der Waals surface area contributed by atoms with Crippen LogP contribution in [0.1, 0.15) is 32.6 Å². The standard InChI is InChI=1S/C9H17NO2/c1-7(3-6-9(11)12)10(2)8-4-5-8/h7-8H,3-6H2,1-2H3,(H,11,12). The van der Waals surface area contributed by atoms with E-state index in [1.807, 2.05) is 0 Å². The van der Waals surface area contributed by atoms with E-state index in [9.17, 15) is 4.79 Å². The van der Waals surface area contributed by atoms with Gasteiger partial charge in [-0.2, -0.15) is 0 Å². The number of carbonyl (C=O) groups is 1. The van der Waals surface area contributed by atoms with Crippen LogP contribution in [0.5, 0.6) is 0 Å². The quantitative estimate of drug-likeness (QED) is 0.678. The van der Waals surface area contributed by atoms with Crippen LogP contribution in [0.4, 0.5) is 0 Å². The number of nitrogens with zero attached hydrogens (tertiary/aromatic N) is 1. The SMILES string of the molecule is CC(CCC(=O)O)N(C)C1CC1. The minimum atomic E-state index is -0.689. The van der Waals surface area contributed by atoms with Crippen molar-refractivity contribution >= 4 is 5.97 Å². The fraction of sp³-hybridized carbons (Fsp3) is 0.889. The smallest absolute Gasteiger partial charge is 0.303 e. The molecule has 0 bridgehead atoms. The predicted octanol–water partition coefficient (Wildman–Crippen LogP) is 1.33. The number of aliphatic carboxylic acids is 1. The molecular weight excluding hydrogens is 154 g/mol. The van der Waals surface area contributed by atoms with Gasteiger partial charge in [-0.05, 0) is 33.2 Å². The highest BCUT2D eigenvalue weighted by Gasteiger charge is 2.28. The first-order valence-electron chi connectivity index (χ1n) is 4.55. The van der Waals surface area contributed by atoms with Gasteiger partial charge in [0.25, 0.3) is 0 Å². The van der Waals surface area contributed by atoms with Gasteiger partial charge in [-0.3, -0.25) is 4.79 Å². The molecule has 0 aromatic carbocycles. The van der Waals surface area contributed by atoms with Crippen molar-refractivity contribution in [2.24, 2.45) is 0 Å². The summed E-state index contributed by atoms with van der Waals surface area (Å²) in [5, 5.41) is 8.48. The molecular formula is C9H17NO2. The van der Waals surface area contributed by atoms with Gasteiger partial charge in [0.2, 0.25) is 0 Å². The third kappa shape index (κ3) is 2.81. The van der Waals surface area contributed by atoms with Crippen LogP contribution < -0.4 is 0 Å². The minimum absolute atomic E-state index is 0.290. The third-order valence-electron chi connectivity index (χ3n) is 2.59. The maximum absolute atomic E-state index is 10.3. The molecule has 12 heavy (non-hydrogen) atoms. The number of hydrogen-bond acceptors (Lipinski definition) is 2.